The highest BCUT2D eigenvalue weighted by Crippen LogP contribution is 2.35. The van der Waals surface area contributed by atoms with E-state index in [0.29, 0.717) is 25.3 Å². The molecule has 1 saturated heterocycles. The molecule has 2 aliphatic heterocycles. The number of benzene rings is 1. The number of fused-ring (bicyclic) bond motifs is 1. The first-order valence-electron chi connectivity index (χ1n) is 9.13. The quantitative estimate of drug-likeness (QED) is 0.564. The second-order valence-electron chi connectivity index (χ2n) is 7.03. The molecule has 1 fully saturated rings. The molecule has 2 N–H and O–H groups in total. The Morgan fingerprint density at radius 1 is 1.36 bits per heavy atom. The first kappa shape index (κ1) is 19.6. The van der Waals surface area contributed by atoms with Gasteiger partial charge in [-0.1, -0.05) is 0 Å². The monoisotopic (exact) mass is 390 g/mol. The van der Waals surface area contributed by atoms with Crippen molar-refractivity contribution in [3.8, 4) is 5.75 Å². The average Bonchev–Trinajstić information content (AvgIpc) is 2.68. The Morgan fingerprint density at radius 3 is 2.86 bits per heavy atom. The van der Waals surface area contributed by atoms with Crippen molar-refractivity contribution >= 4 is 29.1 Å². The molecule has 0 aliphatic carbocycles. The van der Waals surface area contributed by atoms with Gasteiger partial charge in [0.25, 0.3) is 11.6 Å². The van der Waals surface area contributed by atoms with Crippen molar-refractivity contribution in [2.45, 2.75) is 25.7 Å². The number of nitrogens with zero attached hydrogens (tertiary/aromatic N) is 3. The minimum absolute atomic E-state index is 0.181. The van der Waals surface area contributed by atoms with Crippen molar-refractivity contribution < 1.29 is 24.0 Å². The summed E-state index contributed by atoms with van der Waals surface area (Å²) in [5.41, 5.74) is 5.24. The lowest BCUT2D eigenvalue weighted by atomic mass is 9.93. The molecule has 150 valence electrons. The molecule has 10 heteroatoms. The second kappa shape index (κ2) is 8.24. The van der Waals surface area contributed by atoms with Gasteiger partial charge < -0.3 is 15.4 Å². The van der Waals surface area contributed by atoms with Gasteiger partial charge in [-0.15, -0.1) is 0 Å². The van der Waals surface area contributed by atoms with Crippen LogP contribution in [0.2, 0.25) is 0 Å². The third-order valence-electron chi connectivity index (χ3n) is 5.06. The number of nitro benzene ring substituents is 1. The predicted octanol–water partition coefficient (Wildman–Crippen LogP) is 0.824. The molecule has 0 saturated carbocycles. The number of nitrogens with two attached hydrogens (primary N) is 1. The number of carbonyl (C=O) groups is 3. The molecule has 1 aromatic rings. The molecule has 1 unspecified atom stereocenters. The standard InChI is InChI=1S/C18H22N4O6/c19-16(23)6-3-12-2-1-7-20(9-12)17(24)10-21-14-8-13(22(26)27)4-5-15(14)28-11-18(21)25/h4-5,8,12H,1-3,6-7,9-11H2,(H2,19,23). The van der Waals surface area contributed by atoms with Crippen molar-refractivity contribution in [1.82, 2.24) is 4.90 Å². The van der Waals surface area contributed by atoms with Gasteiger partial charge in [0.15, 0.2) is 6.61 Å². The summed E-state index contributed by atoms with van der Waals surface area (Å²) in [4.78, 5) is 49.5. The van der Waals surface area contributed by atoms with E-state index in [4.69, 9.17) is 10.5 Å². The van der Waals surface area contributed by atoms with E-state index < -0.39 is 10.8 Å². The highest BCUT2D eigenvalue weighted by atomic mass is 16.6. The Hall–Kier alpha value is -3.17. The molecule has 0 spiro atoms. The maximum atomic E-state index is 12.8. The van der Waals surface area contributed by atoms with Crippen molar-refractivity contribution in [2.24, 2.45) is 11.7 Å². The number of carbonyl (C=O) groups excluding carboxylic acids is 3. The van der Waals surface area contributed by atoms with Crippen LogP contribution in [-0.4, -0.2) is 53.8 Å². The van der Waals surface area contributed by atoms with Gasteiger partial charge in [-0.05, 0) is 31.2 Å². The SMILES string of the molecule is NC(=O)CCC1CCCN(C(=O)CN2C(=O)COc3ccc([N+](=O)[O-])cc32)C1. The van der Waals surface area contributed by atoms with E-state index in [0.717, 1.165) is 12.8 Å². The summed E-state index contributed by atoms with van der Waals surface area (Å²) < 4.78 is 5.32. The van der Waals surface area contributed by atoms with E-state index >= 15 is 0 Å². The highest BCUT2D eigenvalue weighted by Gasteiger charge is 2.32. The normalized spacial score (nSPS) is 19.0. The number of ether oxygens (including phenoxy) is 1. The molecule has 1 aromatic carbocycles. The third kappa shape index (κ3) is 4.38. The smallest absolute Gasteiger partial charge is 0.271 e. The number of amides is 3. The second-order valence-corrected chi connectivity index (χ2v) is 7.03. The van der Waals surface area contributed by atoms with Crippen LogP contribution in [-0.2, 0) is 14.4 Å². The Morgan fingerprint density at radius 2 is 2.14 bits per heavy atom. The third-order valence-corrected chi connectivity index (χ3v) is 5.06. The molecule has 2 aliphatic rings. The van der Waals surface area contributed by atoms with Crippen molar-refractivity contribution in [1.29, 1.82) is 0 Å². The minimum atomic E-state index is -0.562. The van der Waals surface area contributed by atoms with Gasteiger partial charge >= 0.3 is 0 Å². The van der Waals surface area contributed by atoms with Gasteiger partial charge in [0.1, 0.15) is 12.3 Å². The fraction of sp³-hybridized carbons (Fsp3) is 0.500. The lowest BCUT2D eigenvalue weighted by Crippen LogP contribution is -2.49. The van der Waals surface area contributed by atoms with Crippen LogP contribution in [0.1, 0.15) is 25.7 Å². The van der Waals surface area contributed by atoms with E-state index in [2.05, 4.69) is 0 Å². The summed E-state index contributed by atoms with van der Waals surface area (Å²) in [7, 11) is 0. The molecule has 0 bridgehead atoms. The van der Waals surface area contributed by atoms with Crippen LogP contribution >= 0.6 is 0 Å². The molecule has 2 heterocycles. The van der Waals surface area contributed by atoms with Crippen molar-refractivity contribution in [3.05, 3.63) is 28.3 Å². The number of anilines is 1. The van der Waals surface area contributed by atoms with Crippen molar-refractivity contribution in [2.75, 3.05) is 31.1 Å². The van der Waals surface area contributed by atoms with Gasteiger partial charge in [0.05, 0.1) is 10.6 Å². The van der Waals surface area contributed by atoms with E-state index in [1.807, 2.05) is 0 Å². The molecule has 3 amide bonds. The van der Waals surface area contributed by atoms with Gasteiger partial charge in [-0.3, -0.25) is 29.4 Å². The Bertz CT molecular complexity index is 811. The summed E-state index contributed by atoms with van der Waals surface area (Å²) in [5.74, 6) is -0.504. The van der Waals surface area contributed by atoms with Crippen LogP contribution in [0.3, 0.4) is 0 Å². The van der Waals surface area contributed by atoms with Crippen LogP contribution < -0.4 is 15.4 Å². The number of nitro groups is 1. The maximum absolute atomic E-state index is 12.8. The van der Waals surface area contributed by atoms with Gasteiger partial charge in [0, 0.05) is 31.6 Å². The van der Waals surface area contributed by atoms with E-state index in [1.165, 1.54) is 23.1 Å². The number of non-ortho nitro benzene ring substituents is 1. The molecular weight excluding hydrogens is 368 g/mol. The zero-order valence-corrected chi connectivity index (χ0v) is 15.3. The van der Waals surface area contributed by atoms with E-state index in [9.17, 15) is 24.5 Å². The van der Waals surface area contributed by atoms with Crippen LogP contribution in [0, 0.1) is 16.0 Å². The highest BCUT2D eigenvalue weighted by molar-refractivity contribution is 6.02. The predicted molar refractivity (Wildman–Crippen MR) is 98.7 cm³/mol. The number of hydrogen-bond donors (Lipinski definition) is 1. The molecule has 0 aromatic heterocycles. The van der Waals surface area contributed by atoms with E-state index in [-0.39, 0.29) is 48.7 Å². The number of likely N-dealkylation sites (tertiary alicyclic amines) is 1. The van der Waals surface area contributed by atoms with Crippen LogP contribution in [0.15, 0.2) is 18.2 Å². The van der Waals surface area contributed by atoms with Crippen LogP contribution in [0.25, 0.3) is 0 Å². The maximum Gasteiger partial charge on any atom is 0.271 e. The summed E-state index contributed by atoms with van der Waals surface area (Å²) in [5, 5.41) is 11.0. The lowest BCUT2D eigenvalue weighted by molar-refractivity contribution is -0.384. The van der Waals surface area contributed by atoms with E-state index in [1.54, 1.807) is 4.90 Å². The Labute approximate surface area is 161 Å². The fourth-order valence-electron chi connectivity index (χ4n) is 3.59. The number of primary amides is 1. The Balaban J connectivity index is 1.71. The number of rotatable bonds is 6. The lowest BCUT2D eigenvalue weighted by Gasteiger charge is -2.35. The summed E-state index contributed by atoms with van der Waals surface area (Å²) in [6.07, 6.45) is 2.65. The molecule has 0 radical (unpaired) electrons. The topological polar surface area (TPSA) is 136 Å². The van der Waals surface area contributed by atoms with Gasteiger partial charge in [-0.25, -0.2) is 0 Å². The number of piperidine rings is 1. The van der Waals surface area contributed by atoms with Crippen LogP contribution in [0.5, 0.6) is 5.75 Å². The zero-order valence-electron chi connectivity index (χ0n) is 15.3. The molecule has 1 atom stereocenters. The van der Waals surface area contributed by atoms with Crippen LogP contribution in [0.4, 0.5) is 11.4 Å². The van der Waals surface area contributed by atoms with Gasteiger partial charge in [-0.2, -0.15) is 0 Å². The fourth-order valence-corrected chi connectivity index (χ4v) is 3.59. The zero-order chi connectivity index (χ0) is 20.3. The first-order valence-corrected chi connectivity index (χ1v) is 9.13. The molecular formula is C18H22N4O6. The number of hydrogen-bond acceptors (Lipinski definition) is 6. The van der Waals surface area contributed by atoms with Gasteiger partial charge in [0.2, 0.25) is 11.8 Å². The average molecular weight is 390 g/mol. The molecule has 10 nitrogen and oxygen atoms in total. The molecule has 3 rings (SSSR count). The first-order chi connectivity index (χ1) is 13.3. The summed E-state index contributed by atoms with van der Waals surface area (Å²) in [6, 6.07) is 3.96. The minimum Gasteiger partial charge on any atom is -0.482 e. The van der Waals surface area contributed by atoms with Crippen molar-refractivity contribution in [3.63, 3.8) is 0 Å². The summed E-state index contributed by atoms with van der Waals surface area (Å²) >= 11 is 0. The largest absolute Gasteiger partial charge is 0.482 e. The molecule has 28 heavy (non-hydrogen) atoms. The summed E-state index contributed by atoms with van der Waals surface area (Å²) in [6.45, 7) is 0.650. The Kier molecular flexibility index (Phi) is 5.76.